The summed E-state index contributed by atoms with van der Waals surface area (Å²) in [5.74, 6) is 0.239. The normalized spacial score (nSPS) is 19.5. The number of aromatic hydroxyl groups is 1. The lowest BCUT2D eigenvalue weighted by molar-refractivity contribution is -0.134. The fourth-order valence-corrected chi connectivity index (χ4v) is 35.6. The van der Waals surface area contributed by atoms with Crippen molar-refractivity contribution >= 4 is 66.3 Å². The molecule has 1 N–H and O–H groups in total. The van der Waals surface area contributed by atoms with Crippen LogP contribution in [0.5, 0.6) is 17.2 Å². The highest BCUT2D eigenvalue weighted by Gasteiger charge is 2.49. The molecule has 0 aliphatic carbocycles. The third kappa shape index (κ3) is 7.21. The quantitative estimate of drug-likeness (QED) is 0.103. The molecule has 4 aromatic carbocycles. The standard InChI is InChI=1S/C31H28O6P2S3/c1-2-3-11-30(33)36-26-9-6-7-22(21-26)20-23-8-4-5-10-29(23)31(34)37-25-14-18-27(19-15-25)38(35)41-39(40,42-38)28-16-12-24(32)13-17-28/h4-10,12-19,21,32H,2-3,11,20H2,1H3. The maximum atomic E-state index is 13.5. The van der Waals surface area contributed by atoms with Gasteiger partial charge < -0.3 is 14.6 Å². The zero-order chi connectivity index (χ0) is 29.7. The Kier molecular flexibility index (Phi) is 9.66. The fraction of sp³-hybridized carbons (Fsp3) is 0.161. The molecule has 1 aliphatic rings. The first-order valence-corrected chi connectivity index (χ1v) is 21.9. The van der Waals surface area contributed by atoms with Crippen LogP contribution in [-0.2, 0) is 27.6 Å². The molecule has 0 radical (unpaired) electrons. The van der Waals surface area contributed by atoms with Crippen molar-refractivity contribution in [2.75, 3.05) is 0 Å². The predicted octanol–water partition coefficient (Wildman–Crippen LogP) is 8.23. The number of phenolic OH excluding ortho intramolecular Hbond substituents is 1. The second-order valence-electron chi connectivity index (χ2n) is 9.62. The number of hydrogen-bond donors (Lipinski definition) is 1. The molecule has 0 amide bonds. The van der Waals surface area contributed by atoms with E-state index in [4.69, 9.17) is 21.3 Å². The highest BCUT2D eigenvalue weighted by atomic mass is 33.7. The van der Waals surface area contributed by atoms with Gasteiger partial charge >= 0.3 is 11.9 Å². The second kappa shape index (κ2) is 13.2. The Morgan fingerprint density at radius 3 is 2.24 bits per heavy atom. The van der Waals surface area contributed by atoms with E-state index in [-0.39, 0.29) is 11.7 Å². The van der Waals surface area contributed by atoms with Gasteiger partial charge in [0, 0.05) is 17.0 Å². The number of benzene rings is 4. The fourth-order valence-electron chi connectivity index (χ4n) is 4.29. The zero-order valence-corrected chi connectivity index (χ0v) is 26.9. The first kappa shape index (κ1) is 30.7. The summed E-state index contributed by atoms with van der Waals surface area (Å²) in [7, 11) is 0. The van der Waals surface area contributed by atoms with Gasteiger partial charge in [0.25, 0.3) is 0 Å². The molecule has 0 spiro atoms. The van der Waals surface area contributed by atoms with Crippen molar-refractivity contribution in [3.8, 4) is 17.2 Å². The third-order valence-corrected chi connectivity index (χ3v) is 33.5. The molecular formula is C31H28O6P2S3. The van der Waals surface area contributed by atoms with Crippen LogP contribution in [0.25, 0.3) is 0 Å². The summed E-state index contributed by atoms with van der Waals surface area (Å²) in [4.78, 5) is 25.2. The van der Waals surface area contributed by atoms with Crippen LogP contribution >= 0.6 is 32.0 Å². The first-order valence-electron chi connectivity index (χ1n) is 13.3. The average Bonchev–Trinajstić information content (AvgIpc) is 2.96. The van der Waals surface area contributed by atoms with Crippen LogP contribution in [0, 0.1) is 0 Å². The van der Waals surface area contributed by atoms with Gasteiger partial charge in [-0.1, -0.05) is 55.5 Å². The number of unbranched alkanes of at least 4 members (excludes halogenated alkanes) is 1. The minimum absolute atomic E-state index is 0.168. The Balaban J connectivity index is 1.24. The van der Waals surface area contributed by atoms with E-state index in [1.165, 1.54) is 22.0 Å². The summed E-state index contributed by atoms with van der Waals surface area (Å²) in [5, 5.41) is 11.1. The van der Waals surface area contributed by atoms with Gasteiger partial charge in [-0.15, -0.1) is 0 Å². The number of carbonyl (C=O) groups excluding carboxylic acids is 2. The summed E-state index contributed by atoms with van der Waals surface area (Å²) >= 11 is 8.51. The molecule has 0 atom stereocenters. The van der Waals surface area contributed by atoms with Gasteiger partial charge in [0.1, 0.15) is 21.7 Å². The molecule has 0 bridgehead atoms. The Morgan fingerprint density at radius 1 is 0.833 bits per heavy atom. The highest BCUT2D eigenvalue weighted by Crippen LogP contribution is 3.03. The largest absolute Gasteiger partial charge is 0.508 e. The molecule has 0 saturated carbocycles. The van der Waals surface area contributed by atoms with Crippen molar-refractivity contribution < 1.29 is 28.7 Å². The van der Waals surface area contributed by atoms with Crippen LogP contribution in [0.2, 0.25) is 0 Å². The molecule has 216 valence electrons. The van der Waals surface area contributed by atoms with Crippen molar-refractivity contribution in [3.05, 3.63) is 114 Å². The van der Waals surface area contributed by atoms with Crippen molar-refractivity contribution in [1.82, 2.24) is 0 Å². The van der Waals surface area contributed by atoms with E-state index in [1.54, 1.807) is 66.7 Å². The van der Waals surface area contributed by atoms with Gasteiger partial charge in [0.15, 0.2) is 0 Å². The van der Waals surface area contributed by atoms with E-state index >= 15 is 0 Å². The Labute approximate surface area is 257 Å². The van der Waals surface area contributed by atoms with Crippen molar-refractivity contribution in [2.45, 2.75) is 32.6 Å². The second-order valence-corrected chi connectivity index (χ2v) is 27.7. The maximum Gasteiger partial charge on any atom is 0.343 e. The summed E-state index contributed by atoms with van der Waals surface area (Å²) < 4.78 is 22.6. The van der Waals surface area contributed by atoms with E-state index in [0.29, 0.717) is 35.2 Å². The molecule has 42 heavy (non-hydrogen) atoms. The number of hydrogen-bond acceptors (Lipinski definition) is 9. The molecule has 1 aliphatic heterocycles. The summed E-state index contributed by atoms with van der Waals surface area (Å²) in [6.07, 6.45) is 2.53. The number of carbonyl (C=O) groups is 2. The number of rotatable bonds is 10. The lowest BCUT2D eigenvalue weighted by Gasteiger charge is -2.37. The van der Waals surface area contributed by atoms with Crippen molar-refractivity contribution in [2.24, 2.45) is 0 Å². The SMILES string of the molecule is CCCCC(=O)Oc1cccc(Cc2ccccc2C(=O)Oc2ccc(P3(=O)SP(=S)(c4ccc(O)cc4)S3)cc2)c1. The molecule has 11 heteroatoms. The van der Waals surface area contributed by atoms with E-state index in [9.17, 15) is 19.3 Å². The molecule has 6 nitrogen and oxygen atoms in total. The molecule has 0 aromatic heterocycles. The Hall–Kier alpha value is -2.80. The van der Waals surface area contributed by atoms with Gasteiger partial charge in [-0.2, -0.15) is 0 Å². The first-order chi connectivity index (χ1) is 20.2. The number of esters is 2. The van der Waals surface area contributed by atoms with Crippen LogP contribution in [0.15, 0.2) is 97.1 Å². The van der Waals surface area contributed by atoms with E-state index in [0.717, 1.165) is 29.3 Å². The third-order valence-electron chi connectivity index (χ3n) is 6.46. The highest BCUT2D eigenvalue weighted by molar-refractivity contribution is 9.44. The summed E-state index contributed by atoms with van der Waals surface area (Å²) in [5.41, 5.74) is -0.673. The van der Waals surface area contributed by atoms with Gasteiger partial charge in [-0.3, -0.25) is 9.36 Å². The Bertz CT molecular complexity index is 1690. The molecular weight excluding hydrogens is 626 g/mol. The number of ether oxygens (including phenoxy) is 2. The van der Waals surface area contributed by atoms with Crippen molar-refractivity contribution in [3.63, 3.8) is 0 Å². The molecule has 1 saturated heterocycles. The predicted molar refractivity (Wildman–Crippen MR) is 177 cm³/mol. The maximum absolute atomic E-state index is 13.5. The van der Waals surface area contributed by atoms with Gasteiger partial charge in [0.2, 0.25) is 5.55 Å². The van der Waals surface area contributed by atoms with Crippen LogP contribution < -0.4 is 20.1 Å². The monoisotopic (exact) mass is 654 g/mol. The van der Waals surface area contributed by atoms with Crippen molar-refractivity contribution in [1.29, 1.82) is 0 Å². The van der Waals surface area contributed by atoms with Crippen LogP contribution in [0.3, 0.4) is 0 Å². The summed E-state index contributed by atoms with van der Waals surface area (Å²) in [6.45, 7) is 2.02. The lowest BCUT2D eigenvalue weighted by Crippen LogP contribution is -2.13. The molecule has 1 heterocycles. The van der Waals surface area contributed by atoms with E-state index in [1.807, 2.05) is 37.3 Å². The minimum atomic E-state index is -2.78. The molecule has 0 unspecified atom stereocenters. The topological polar surface area (TPSA) is 89.9 Å². The van der Waals surface area contributed by atoms with Crippen LogP contribution in [0.4, 0.5) is 0 Å². The average molecular weight is 655 g/mol. The van der Waals surface area contributed by atoms with Gasteiger partial charge in [0.05, 0.1) is 5.56 Å². The molecule has 4 aromatic rings. The Morgan fingerprint density at radius 2 is 1.52 bits per heavy atom. The van der Waals surface area contributed by atoms with Crippen LogP contribution in [0.1, 0.15) is 47.7 Å². The van der Waals surface area contributed by atoms with E-state index < -0.39 is 16.0 Å². The summed E-state index contributed by atoms with van der Waals surface area (Å²) in [6, 6.07) is 28.0. The van der Waals surface area contributed by atoms with Gasteiger partial charge in [-0.05, 0) is 113 Å². The number of phenols is 1. The van der Waals surface area contributed by atoms with Gasteiger partial charge in [-0.25, -0.2) is 4.79 Å². The minimum Gasteiger partial charge on any atom is -0.508 e. The van der Waals surface area contributed by atoms with Crippen LogP contribution in [-0.4, -0.2) is 17.0 Å². The smallest absolute Gasteiger partial charge is 0.343 e. The lowest BCUT2D eigenvalue weighted by atomic mass is 9.99. The zero-order valence-electron chi connectivity index (χ0n) is 22.7. The molecule has 1 fully saturated rings. The van der Waals surface area contributed by atoms with E-state index in [2.05, 4.69) is 0 Å². The molecule has 5 rings (SSSR count).